The van der Waals surface area contributed by atoms with Crippen molar-refractivity contribution in [2.75, 3.05) is 18.0 Å². The van der Waals surface area contributed by atoms with Crippen molar-refractivity contribution in [3.63, 3.8) is 0 Å². The Morgan fingerprint density at radius 2 is 1.90 bits per heavy atom. The Bertz CT molecular complexity index is 434. The summed E-state index contributed by atoms with van der Waals surface area (Å²) < 4.78 is 0. The number of aromatic nitrogens is 1. The van der Waals surface area contributed by atoms with E-state index in [2.05, 4.69) is 48.1 Å². The molecule has 1 saturated heterocycles. The van der Waals surface area contributed by atoms with E-state index in [-0.39, 0.29) is 5.54 Å². The maximum atomic E-state index is 4.67. The Labute approximate surface area is 122 Å². The number of rotatable bonds is 3. The fourth-order valence-electron chi connectivity index (χ4n) is 3.50. The number of nitrogens with zero attached hydrogens (tertiary/aromatic N) is 2. The van der Waals surface area contributed by atoms with Crippen molar-refractivity contribution in [3.05, 3.63) is 23.9 Å². The summed E-state index contributed by atoms with van der Waals surface area (Å²) in [5.41, 5.74) is 1.42. The Hall–Kier alpha value is -1.09. The SMILES string of the molecule is CC(C)(C)NCc1ccc(N2CC3CCCC3C2)nc1. The van der Waals surface area contributed by atoms with Crippen LogP contribution in [0.4, 0.5) is 5.82 Å². The summed E-state index contributed by atoms with van der Waals surface area (Å²) in [4.78, 5) is 7.16. The lowest BCUT2D eigenvalue weighted by atomic mass is 10.0. The monoisotopic (exact) mass is 273 g/mol. The largest absolute Gasteiger partial charge is 0.356 e. The molecule has 2 heterocycles. The van der Waals surface area contributed by atoms with Crippen molar-refractivity contribution in [2.24, 2.45) is 11.8 Å². The normalized spacial score (nSPS) is 26.1. The van der Waals surface area contributed by atoms with Crippen LogP contribution in [0.15, 0.2) is 18.3 Å². The minimum Gasteiger partial charge on any atom is -0.356 e. The number of anilines is 1. The molecule has 0 spiro atoms. The molecule has 0 aromatic carbocycles. The van der Waals surface area contributed by atoms with Gasteiger partial charge in [0.1, 0.15) is 5.82 Å². The molecule has 1 aliphatic carbocycles. The molecule has 20 heavy (non-hydrogen) atoms. The molecule has 2 unspecified atom stereocenters. The van der Waals surface area contributed by atoms with E-state index in [0.29, 0.717) is 0 Å². The van der Waals surface area contributed by atoms with Crippen molar-refractivity contribution in [1.82, 2.24) is 10.3 Å². The van der Waals surface area contributed by atoms with Crippen LogP contribution < -0.4 is 10.2 Å². The highest BCUT2D eigenvalue weighted by Gasteiger charge is 2.36. The lowest BCUT2D eigenvalue weighted by molar-refractivity contribution is 0.424. The van der Waals surface area contributed by atoms with Crippen LogP contribution >= 0.6 is 0 Å². The molecule has 0 amide bonds. The van der Waals surface area contributed by atoms with E-state index in [0.717, 1.165) is 18.4 Å². The number of hydrogen-bond donors (Lipinski definition) is 1. The maximum absolute atomic E-state index is 4.67. The first kappa shape index (κ1) is 13.9. The molecule has 0 bridgehead atoms. The van der Waals surface area contributed by atoms with Gasteiger partial charge in [-0.2, -0.15) is 0 Å². The van der Waals surface area contributed by atoms with Gasteiger partial charge in [-0.05, 0) is 57.1 Å². The van der Waals surface area contributed by atoms with Gasteiger partial charge in [0, 0.05) is 31.4 Å². The van der Waals surface area contributed by atoms with Gasteiger partial charge in [0.15, 0.2) is 0 Å². The molecule has 3 rings (SSSR count). The Balaban J connectivity index is 1.59. The second-order valence-electron chi connectivity index (χ2n) is 7.48. The Kier molecular flexibility index (Phi) is 3.72. The first-order valence-corrected chi connectivity index (χ1v) is 7.96. The van der Waals surface area contributed by atoms with E-state index in [9.17, 15) is 0 Å². The fourth-order valence-corrected chi connectivity index (χ4v) is 3.50. The van der Waals surface area contributed by atoms with E-state index < -0.39 is 0 Å². The predicted octanol–water partition coefficient (Wildman–Crippen LogP) is 3.21. The van der Waals surface area contributed by atoms with Crippen molar-refractivity contribution >= 4 is 5.82 Å². The summed E-state index contributed by atoms with van der Waals surface area (Å²) in [5, 5.41) is 3.51. The van der Waals surface area contributed by atoms with Crippen LogP contribution in [0.1, 0.15) is 45.6 Å². The average Bonchev–Trinajstić information content (AvgIpc) is 2.97. The van der Waals surface area contributed by atoms with Crippen LogP contribution in [0.5, 0.6) is 0 Å². The average molecular weight is 273 g/mol. The van der Waals surface area contributed by atoms with Crippen LogP contribution in [0.2, 0.25) is 0 Å². The van der Waals surface area contributed by atoms with E-state index in [1.807, 2.05) is 6.20 Å². The molecule has 1 aliphatic heterocycles. The van der Waals surface area contributed by atoms with Crippen LogP contribution in [-0.2, 0) is 6.54 Å². The molecule has 3 nitrogen and oxygen atoms in total. The number of hydrogen-bond acceptors (Lipinski definition) is 3. The van der Waals surface area contributed by atoms with E-state index in [1.165, 1.54) is 43.7 Å². The minimum absolute atomic E-state index is 0.158. The van der Waals surface area contributed by atoms with Gasteiger partial charge >= 0.3 is 0 Å². The fraction of sp³-hybridized carbons (Fsp3) is 0.706. The summed E-state index contributed by atoms with van der Waals surface area (Å²) >= 11 is 0. The zero-order chi connectivity index (χ0) is 14.2. The standard InChI is InChI=1S/C17H27N3/c1-17(2,3)19-10-13-7-8-16(18-9-13)20-11-14-5-4-6-15(14)12-20/h7-9,14-15,19H,4-6,10-12H2,1-3H3. The van der Waals surface area contributed by atoms with Crippen molar-refractivity contribution in [3.8, 4) is 0 Å². The second kappa shape index (κ2) is 5.36. The van der Waals surface area contributed by atoms with E-state index in [1.54, 1.807) is 0 Å². The molecular formula is C17H27N3. The number of pyridine rings is 1. The Morgan fingerprint density at radius 3 is 2.45 bits per heavy atom. The molecule has 1 N–H and O–H groups in total. The summed E-state index contributed by atoms with van der Waals surface area (Å²) in [6, 6.07) is 4.41. The van der Waals surface area contributed by atoms with E-state index in [4.69, 9.17) is 0 Å². The van der Waals surface area contributed by atoms with Gasteiger partial charge in [0.25, 0.3) is 0 Å². The molecule has 3 heteroatoms. The smallest absolute Gasteiger partial charge is 0.128 e. The van der Waals surface area contributed by atoms with Crippen LogP contribution in [0.25, 0.3) is 0 Å². The summed E-state index contributed by atoms with van der Waals surface area (Å²) in [6.45, 7) is 9.91. The third-order valence-electron chi connectivity index (χ3n) is 4.68. The van der Waals surface area contributed by atoms with Crippen molar-refractivity contribution in [2.45, 2.75) is 52.1 Å². The maximum Gasteiger partial charge on any atom is 0.128 e. The highest BCUT2D eigenvalue weighted by Crippen LogP contribution is 2.38. The minimum atomic E-state index is 0.158. The molecule has 1 aromatic heterocycles. The molecule has 0 radical (unpaired) electrons. The van der Waals surface area contributed by atoms with Crippen LogP contribution in [-0.4, -0.2) is 23.6 Å². The van der Waals surface area contributed by atoms with Gasteiger partial charge in [-0.1, -0.05) is 12.5 Å². The van der Waals surface area contributed by atoms with Crippen molar-refractivity contribution < 1.29 is 0 Å². The third kappa shape index (κ3) is 3.14. The molecule has 2 atom stereocenters. The number of nitrogens with one attached hydrogen (secondary N) is 1. The molecule has 1 aromatic rings. The van der Waals surface area contributed by atoms with Crippen LogP contribution in [0, 0.1) is 11.8 Å². The lowest BCUT2D eigenvalue weighted by Crippen LogP contribution is -2.35. The highest BCUT2D eigenvalue weighted by atomic mass is 15.2. The van der Waals surface area contributed by atoms with Gasteiger partial charge in [-0.25, -0.2) is 4.98 Å². The van der Waals surface area contributed by atoms with Crippen LogP contribution in [0.3, 0.4) is 0 Å². The van der Waals surface area contributed by atoms with E-state index >= 15 is 0 Å². The van der Waals surface area contributed by atoms with Crippen molar-refractivity contribution in [1.29, 1.82) is 0 Å². The molecular weight excluding hydrogens is 246 g/mol. The van der Waals surface area contributed by atoms with Gasteiger partial charge < -0.3 is 10.2 Å². The lowest BCUT2D eigenvalue weighted by Gasteiger charge is -2.21. The summed E-state index contributed by atoms with van der Waals surface area (Å²) in [6.07, 6.45) is 6.32. The van der Waals surface area contributed by atoms with Gasteiger partial charge in [0.2, 0.25) is 0 Å². The summed E-state index contributed by atoms with van der Waals surface area (Å²) in [5.74, 6) is 3.02. The first-order chi connectivity index (χ1) is 9.51. The molecule has 2 fully saturated rings. The van der Waals surface area contributed by atoms with Gasteiger partial charge in [-0.15, -0.1) is 0 Å². The second-order valence-corrected chi connectivity index (χ2v) is 7.48. The summed E-state index contributed by atoms with van der Waals surface area (Å²) in [7, 11) is 0. The zero-order valence-corrected chi connectivity index (χ0v) is 13.0. The topological polar surface area (TPSA) is 28.2 Å². The molecule has 1 saturated carbocycles. The quantitative estimate of drug-likeness (QED) is 0.916. The van der Waals surface area contributed by atoms with Gasteiger partial charge in [-0.3, -0.25) is 0 Å². The van der Waals surface area contributed by atoms with Gasteiger partial charge in [0.05, 0.1) is 0 Å². The third-order valence-corrected chi connectivity index (χ3v) is 4.68. The first-order valence-electron chi connectivity index (χ1n) is 7.96. The predicted molar refractivity (Wildman–Crippen MR) is 83.9 cm³/mol. The zero-order valence-electron chi connectivity index (χ0n) is 13.0. The Morgan fingerprint density at radius 1 is 1.20 bits per heavy atom. The highest BCUT2D eigenvalue weighted by molar-refractivity contribution is 5.41. The molecule has 110 valence electrons. The molecule has 2 aliphatic rings. The number of fused-ring (bicyclic) bond motifs is 1.